The highest BCUT2D eigenvalue weighted by atomic mass is 16.5. The molecule has 0 atom stereocenters. The number of ether oxygens (including phenoxy) is 1. The second kappa shape index (κ2) is 4.58. The fourth-order valence-corrected chi connectivity index (χ4v) is 2.36. The summed E-state index contributed by atoms with van der Waals surface area (Å²) in [5.41, 5.74) is 10.4. The van der Waals surface area contributed by atoms with E-state index in [-0.39, 0.29) is 0 Å². The van der Waals surface area contributed by atoms with Gasteiger partial charge in [0, 0.05) is 29.8 Å². The average Bonchev–Trinajstić information content (AvgIpc) is 3.20. The largest absolute Gasteiger partial charge is 0.398 e. The van der Waals surface area contributed by atoms with Crippen LogP contribution in [0.15, 0.2) is 24.3 Å². The van der Waals surface area contributed by atoms with Crippen LogP contribution in [0.1, 0.15) is 30.0 Å². The first-order valence-electron chi connectivity index (χ1n) is 6.46. The van der Waals surface area contributed by atoms with E-state index in [9.17, 15) is 0 Å². The lowest BCUT2D eigenvalue weighted by Crippen LogP contribution is -2.00. The first-order valence-corrected chi connectivity index (χ1v) is 6.46. The molecule has 0 bridgehead atoms. The van der Waals surface area contributed by atoms with E-state index < -0.39 is 0 Å². The van der Waals surface area contributed by atoms with Gasteiger partial charge in [0.2, 0.25) is 0 Å². The summed E-state index contributed by atoms with van der Waals surface area (Å²) in [7, 11) is 1.72. The maximum Gasteiger partial charge on any atom is 0.0758 e. The normalized spacial score (nSPS) is 15.2. The highest BCUT2D eigenvalue weighted by molar-refractivity contribution is 5.92. The van der Waals surface area contributed by atoms with Crippen molar-refractivity contribution in [2.75, 3.05) is 19.5 Å². The Morgan fingerprint density at radius 2 is 2.22 bits per heavy atom. The maximum absolute atomic E-state index is 6.15. The van der Waals surface area contributed by atoms with Crippen molar-refractivity contribution in [3.05, 3.63) is 35.5 Å². The third kappa shape index (κ3) is 2.06. The van der Waals surface area contributed by atoms with Crippen LogP contribution in [-0.4, -0.2) is 18.7 Å². The van der Waals surface area contributed by atoms with Crippen molar-refractivity contribution in [3.63, 3.8) is 0 Å². The fourth-order valence-electron chi connectivity index (χ4n) is 2.36. The molecule has 2 N–H and O–H groups in total. The number of rotatable bonds is 4. The van der Waals surface area contributed by atoms with Gasteiger partial charge in [0.25, 0.3) is 0 Å². The minimum atomic E-state index is 0.632. The number of nitrogens with zero attached hydrogens (tertiary/aromatic N) is 1. The number of nitrogen functional groups attached to an aromatic ring is 1. The Bertz CT molecular complexity index is 576. The van der Waals surface area contributed by atoms with Gasteiger partial charge in [-0.3, -0.25) is 4.98 Å². The number of methoxy groups -OCH3 is 1. The quantitative estimate of drug-likeness (QED) is 0.896. The summed E-state index contributed by atoms with van der Waals surface area (Å²) in [6.07, 6.45) is 3.38. The van der Waals surface area contributed by atoms with Crippen molar-refractivity contribution in [2.24, 2.45) is 0 Å². The van der Waals surface area contributed by atoms with Gasteiger partial charge in [0.15, 0.2) is 0 Å². The van der Waals surface area contributed by atoms with Gasteiger partial charge >= 0.3 is 0 Å². The Hall–Kier alpha value is -1.61. The Morgan fingerprint density at radius 3 is 2.94 bits per heavy atom. The summed E-state index contributed by atoms with van der Waals surface area (Å²) < 4.78 is 5.16. The monoisotopic (exact) mass is 242 g/mol. The molecule has 0 saturated heterocycles. The lowest BCUT2D eigenvalue weighted by Gasteiger charge is -2.09. The van der Waals surface area contributed by atoms with Crippen LogP contribution in [0.3, 0.4) is 0 Å². The molecule has 18 heavy (non-hydrogen) atoms. The van der Waals surface area contributed by atoms with Gasteiger partial charge in [-0.15, -0.1) is 0 Å². The molecule has 3 heteroatoms. The molecule has 1 fully saturated rings. The molecular formula is C15H18N2O. The van der Waals surface area contributed by atoms with E-state index >= 15 is 0 Å². The summed E-state index contributed by atoms with van der Waals surface area (Å²) in [5.74, 6) is 0.632. The van der Waals surface area contributed by atoms with Crippen LogP contribution >= 0.6 is 0 Å². The predicted octanol–water partition coefficient (Wildman–Crippen LogP) is 2.88. The number of benzene rings is 1. The van der Waals surface area contributed by atoms with Gasteiger partial charge in [-0.2, -0.15) is 0 Å². The molecule has 0 spiro atoms. The van der Waals surface area contributed by atoms with Crippen molar-refractivity contribution in [2.45, 2.75) is 25.2 Å². The second-order valence-electron chi connectivity index (χ2n) is 4.97. The predicted molar refractivity (Wildman–Crippen MR) is 73.7 cm³/mol. The number of hydrogen-bond donors (Lipinski definition) is 1. The molecule has 1 aliphatic rings. The molecule has 1 saturated carbocycles. The summed E-state index contributed by atoms with van der Waals surface area (Å²) in [6, 6.07) is 8.25. The molecule has 0 unspecified atom stereocenters. The molecule has 2 aromatic rings. The lowest BCUT2D eigenvalue weighted by atomic mass is 10.0. The van der Waals surface area contributed by atoms with Crippen LogP contribution in [0.5, 0.6) is 0 Å². The maximum atomic E-state index is 6.15. The molecule has 0 aliphatic heterocycles. The zero-order valence-corrected chi connectivity index (χ0v) is 10.6. The fraction of sp³-hybridized carbons (Fsp3) is 0.400. The molecule has 1 heterocycles. The van der Waals surface area contributed by atoms with Crippen LogP contribution in [0.2, 0.25) is 0 Å². The van der Waals surface area contributed by atoms with Crippen LogP contribution in [0.4, 0.5) is 5.69 Å². The van der Waals surface area contributed by atoms with Crippen LogP contribution in [0, 0.1) is 0 Å². The summed E-state index contributed by atoms with van der Waals surface area (Å²) in [5, 5.41) is 1.06. The van der Waals surface area contributed by atoms with Crippen molar-refractivity contribution in [1.29, 1.82) is 0 Å². The van der Waals surface area contributed by atoms with Crippen molar-refractivity contribution >= 4 is 16.6 Å². The van der Waals surface area contributed by atoms with Crippen LogP contribution < -0.4 is 5.73 Å². The number of aromatic nitrogens is 1. The van der Waals surface area contributed by atoms with E-state index in [1.807, 2.05) is 18.2 Å². The topological polar surface area (TPSA) is 48.1 Å². The van der Waals surface area contributed by atoms with Crippen molar-refractivity contribution in [3.8, 4) is 0 Å². The molecule has 1 aromatic carbocycles. The minimum absolute atomic E-state index is 0.632. The molecule has 3 rings (SSSR count). The van der Waals surface area contributed by atoms with Gasteiger partial charge in [-0.25, -0.2) is 0 Å². The Kier molecular flexibility index (Phi) is 2.92. The Morgan fingerprint density at radius 1 is 1.39 bits per heavy atom. The number of para-hydroxylation sites is 1. The first kappa shape index (κ1) is 11.5. The number of pyridine rings is 1. The van der Waals surface area contributed by atoms with E-state index in [1.54, 1.807) is 7.11 Å². The number of anilines is 1. The second-order valence-corrected chi connectivity index (χ2v) is 4.97. The number of nitrogens with two attached hydrogens (primary N) is 1. The molecule has 94 valence electrons. The molecule has 3 nitrogen and oxygen atoms in total. The Balaban J connectivity index is 2.11. The number of fused-ring (bicyclic) bond motifs is 1. The summed E-state index contributed by atoms with van der Waals surface area (Å²) in [4.78, 5) is 4.82. The van der Waals surface area contributed by atoms with Crippen LogP contribution in [0.25, 0.3) is 10.9 Å². The van der Waals surface area contributed by atoms with E-state index in [0.29, 0.717) is 12.5 Å². The molecule has 1 aromatic heterocycles. The molecule has 0 amide bonds. The molecular weight excluding hydrogens is 224 g/mol. The zero-order valence-electron chi connectivity index (χ0n) is 10.6. The summed E-state index contributed by atoms with van der Waals surface area (Å²) in [6.45, 7) is 0.717. The SMILES string of the molecule is COCCc1cccc2c(N)cc(C3CC3)nc12. The minimum Gasteiger partial charge on any atom is -0.398 e. The highest BCUT2D eigenvalue weighted by Gasteiger charge is 2.25. The highest BCUT2D eigenvalue weighted by Crippen LogP contribution is 2.40. The van der Waals surface area contributed by atoms with Gasteiger partial charge < -0.3 is 10.5 Å². The standard InChI is InChI=1S/C15H18N2O/c1-18-8-7-11-3-2-4-12-13(16)9-14(10-5-6-10)17-15(11)12/h2-4,9-10H,5-8H2,1H3,(H2,16,17). The van der Waals surface area contributed by atoms with Gasteiger partial charge in [0.05, 0.1) is 12.1 Å². The zero-order chi connectivity index (χ0) is 12.5. The molecule has 1 aliphatic carbocycles. The third-order valence-electron chi connectivity index (χ3n) is 3.55. The van der Waals surface area contributed by atoms with Gasteiger partial charge in [-0.1, -0.05) is 18.2 Å². The van der Waals surface area contributed by atoms with E-state index in [2.05, 4.69) is 6.07 Å². The Labute approximate surface area is 107 Å². The van der Waals surface area contributed by atoms with Crippen molar-refractivity contribution < 1.29 is 4.74 Å². The number of hydrogen-bond acceptors (Lipinski definition) is 3. The van der Waals surface area contributed by atoms with Crippen molar-refractivity contribution in [1.82, 2.24) is 4.98 Å². The third-order valence-corrected chi connectivity index (χ3v) is 3.55. The average molecular weight is 242 g/mol. The van der Waals surface area contributed by atoms with E-state index in [4.69, 9.17) is 15.5 Å². The van der Waals surface area contributed by atoms with E-state index in [1.165, 1.54) is 18.4 Å². The van der Waals surface area contributed by atoms with E-state index in [0.717, 1.165) is 28.7 Å². The first-order chi connectivity index (χ1) is 8.79. The van der Waals surface area contributed by atoms with Gasteiger partial charge in [-0.05, 0) is 30.9 Å². The van der Waals surface area contributed by atoms with Crippen LogP contribution in [-0.2, 0) is 11.2 Å². The molecule has 0 radical (unpaired) electrons. The van der Waals surface area contributed by atoms with Gasteiger partial charge in [0.1, 0.15) is 0 Å². The summed E-state index contributed by atoms with van der Waals surface area (Å²) >= 11 is 0. The lowest BCUT2D eigenvalue weighted by molar-refractivity contribution is 0.202. The smallest absolute Gasteiger partial charge is 0.0758 e.